The Kier molecular flexibility index (Phi) is 1.88. The molecule has 0 aliphatic rings. The second kappa shape index (κ2) is 2.84. The Bertz CT molecular complexity index is 475. The molecule has 2 aromatic heterocycles. The fraction of sp³-hybridized carbons (Fsp3) is 0.125. The van der Waals surface area contributed by atoms with Crippen molar-refractivity contribution >= 4 is 27.2 Å². The van der Waals surface area contributed by atoms with Crippen molar-refractivity contribution in [3.05, 3.63) is 23.2 Å². The van der Waals surface area contributed by atoms with Crippen LogP contribution in [0.4, 0.5) is 18.9 Å². The van der Waals surface area contributed by atoms with E-state index in [4.69, 9.17) is 5.73 Å². The SMILES string of the molecule is Nc1csc2ncc(C(F)(F)F)cc12. The lowest BCUT2D eigenvalue weighted by atomic mass is 10.2. The minimum absolute atomic E-state index is 0.337. The minimum Gasteiger partial charge on any atom is -0.398 e. The fourth-order valence-corrected chi connectivity index (χ4v) is 1.87. The molecule has 2 aromatic rings. The third kappa shape index (κ3) is 1.41. The first kappa shape index (κ1) is 9.26. The van der Waals surface area contributed by atoms with Gasteiger partial charge >= 0.3 is 6.18 Å². The van der Waals surface area contributed by atoms with Crippen LogP contribution in [-0.4, -0.2) is 4.98 Å². The van der Waals surface area contributed by atoms with E-state index in [1.807, 2.05) is 0 Å². The van der Waals surface area contributed by atoms with Gasteiger partial charge in [0.2, 0.25) is 0 Å². The molecule has 2 N–H and O–H groups in total. The number of nitrogens with zero attached hydrogens (tertiary/aromatic N) is 1. The van der Waals surface area contributed by atoms with E-state index in [0.717, 1.165) is 12.3 Å². The smallest absolute Gasteiger partial charge is 0.398 e. The van der Waals surface area contributed by atoms with Crippen LogP contribution in [0.15, 0.2) is 17.6 Å². The fourth-order valence-electron chi connectivity index (χ4n) is 1.09. The van der Waals surface area contributed by atoms with Crippen molar-refractivity contribution in [1.29, 1.82) is 0 Å². The number of hydrogen-bond acceptors (Lipinski definition) is 3. The molecule has 0 radical (unpaired) electrons. The van der Waals surface area contributed by atoms with Crippen LogP contribution in [0.5, 0.6) is 0 Å². The van der Waals surface area contributed by atoms with Crippen LogP contribution in [0.2, 0.25) is 0 Å². The van der Waals surface area contributed by atoms with Crippen molar-refractivity contribution in [2.45, 2.75) is 6.18 Å². The van der Waals surface area contributed by atoms with Gasteiger partial charge in [-0.05, 0) is 6.07 Å². The normalized spacial score (nSPS) is 12.2. The summed E-state index contributed by atoms with van der Waals surface area (Å²) in [7, 11) is 0. The Morgan fingerprint density at radius 2 is 2.07 bits per heavy atom. The number of rotatable bonds is 0. The molecule has 0 aliphatic carbocycles. The molecule has 0 saturated carbocycles. The molecule has 0 saturated heterocycles. The van der Waals surface area contributed by atoms with E-state index in [9.17, 15) is 13.2 Å². The van der Waals surface area contributed by atoms with Crippen molar-refractivity contribution < 1.29 is 13.2 Å². The molecule has 0 aromatic carbocycles. The summed E-state index contributed by atoms with van der Waals surface area (Å²) in [4.78, 5) is 4.21. The average Bonchev–Trinajstić information content (AvgIpc) is 2.46. The van der Waals surface area contributed by atoms with Gasteiger partial charge in [0.15, 0.2) is 0 Å². The molecule has 0 aliphatic heterocycles. The molecule has 2 heterocycles. The van der Waals surface area contributed by atoms with E-state index in [1.165, 1.54) is 11.3 Å². The molecule has 0 spiro atoms. The van der Waals surface area contributed by atoms with Gasteiger partial charge in [0.25, 0.3) is 0 Å². The quantitative estimate of drug-likeness (QED) is 0.738. The molecule has 0 amide bonds. The maximum atomic E-state index is 12.3. The number of alkyl halides is 3. The number of hydrogen-bond donors (Lipinski definition) is 1. The van der Waals surface area contributed by atoms with Gasteiger partial charge in [-0.15, -0.1) is 11.3 Å². The molecular weight excluding hydrogens is 213 g/mol. The van der Waals surface area contributed by atoms with E-state index in [0.29, 0.717) is 15.9 Å². The van der Waals surface area contributed by atoms with E-state index in [1.54, 1.807) is 5.38 Å². The van der Waals surface area contributed by atoms with Gasteiger partial charge in [-0.2, -0.15) is 13.2 Å². The van der Waals surface area contributed by atoms with E-state index in [2.05, 4.69) is 4.98 Å². The molecule has 2 rings (SSSR count). The summed E-state index contributed by atoms with van der Waals surface area (Å²) in [6, 6.07) is 1.02. The first-order chi connectivity index (χ1) is 6.48. The Morgan fingerprint density at radius 3 is 2.71 bits per heavy atom. The Labute approximate surface area is 81.2 Å². The Morgan fingerprint density at radius 1 is 1.36 bits per heavy atom. The average molecular weight is 218 g/mol. The molecule has 2 nitrogen and oxygen atoms in total. The molecule has 6 heteroatoms. The first-order valence-electron chi connectivity index (χ1n) is 3.68. The molecule has 0 bridgehead atoms. The van der Waals surface area contributed by atoms with Gasteiger partial charge in [0.1, 0.15) is 4.83 Å². The lowest BCUT2D eigenvalue weighted by Gasteiger charge is -2.05. The van der Waals surface area contributed by atoms with Crippen molar-refractivity contribution in [3.8, 4) is 0 Å². The number of anilines is 1. The van der Waals surface area contributed by atoms with Gasteiger partial charge in [-0.1, -0.05) is 0 Å². The number of thiophene rings is 1. The number of nitrogens with two attached hydrogens (primary N) is 1. The summed E-state index contributed by atoms with van der Waals surface area (Å²) in [5.74, 6) is 0. The van der Waals surface area contributed by atoms with E-state index < -0.39 is 11.7 Å². The van der Waals surface area contributed by atoms with Crippen LogP contribution < -0.4 is 5.73 Å². The summed E-state index contributed by atoms with van der Waals surface area (Å²) >= 11 is 1.23. The second-order valence-electron chi connectivity index (χ2n) is 2.77. The zero-order valence-electron chi connectivity index (χ0n) is 6.80. The summed E-state index contributed by atoms with van der Waals surface area (Å²) < 4.78 is 36.8. The molecule has 0 atom stereocenters. The van der Waals surface area contributed by atoms with Crippen LogP contribution in [0.25, 0.3) is 10.2 Å². The number of nitrogen functional groups attached to an aromatic ring is 1. The molecule has 0 fully saturated rings. The van der Waals surface area contributed by atoms with Gasteiger partial charge < -0.3 is 5.73 Å². The largest absolute Gasteiger partial charge is 0.417 e. The molecule has 74 valence electrons. The summed E-state index contributed by atoms with van der Waals surface area (Å²) in [5.41, 5.74) is 5.06. The van der Waals surface area contributed by atoms with Crippen LogP contribution in [0.1, 0.15) is 5.56 Å². The summed E-state index contributed by atoms with van der Waals surface area (Å²) in [6.45, 7) is 0. The minimum atomic E-state index is -4.37. The molecule has 14 heavy (non-hydrogen) atoms. The number of aromatic nitrogens is 1. The highest BCUT2D eigenvalue weighted by molar-refractivity contribution is 7.17. The predicted octanol–water partition coefficient (Wildman–Crippen LogP) is 2.90. The van der Waals surface area contributed by atoms with E-state index >= 15 is 0 Å². The highest BCUT2D eigenvalue weighted by atomic mass is 32.1. The van der Waals surface area contributed by atoms with Crippen molar-refractivity contribution in [2.75, 3.05) is 5.73 Å². The van der Waals surface area contributed by atoms with Gasteiger partial charge in [0.05, 0.1) is 11.3 Å². The molecular formula is C8H5F3N2S. The third-order valence-electron chi connectivity index (χ3n) is 1.79. The maximum absolute atomic E-state index is 12.3. The number of fused-ring (bicyclic) bond motifs is 1. The lowest BCUT2D eigenvalue weighted by molar-refractivity contribution is -0.137. The Balaban J connectivity index is 2.66. The first-order valence-corrected chi connectivity index (χ1v) is 4.56. The zero-order valence-corrected chi connectivity index (χ0v) is 7.62. The van der Waals surface area contributed by atoms with Crippen LogP contribution >= 0.6 is 11.3 Å². The van der Waals surface area contributed by atoms with Gasteiger partial charge in [0, 0.05) is 17.0 Å². The van der Waals surface area contributed by atoms with Gasteiger partial charge in [-0.3, -0.25) is 0 Å². The standard InChI is InChI=1S/C8H5F3N2S/c9-8(10,11)4-1-5-6(12)3-14-7(5)13-2-4/h1-3H,12H2. The Hall–Kier alpha value is -1.30. The zero-order chi connectivity index (χ0) is 10.3. The van der Waals surface area contributed by atoms with Crippen LogP contribution in [-0.2, 0) is 6.18 Å². The predicted molar refractivity (Wildman–Crippen MR) is 49.0 cm³/mol. The van der Waals surface area contributed by atoms with E-state index in [-0.39, 0.29) is 0 Å². The maximum Gasteiger partial charge on any atom is 0.417 e. The summed E-state index contributed by atoms with van der Waals surface area (Å²) in [5, 5.41) is 1.95. The third-order valence-corrected chi connectivity index (χ3v) is 2.71. The van der Waals surface area contributed by atoms with Gasteiger partial charge in [-0.25, -0.2) is 4.98 Å². The highest BCUT2D eigenvalue weighted by Crippen LogP contribution is 2.33. The van der Waals surface area contributed by atoms with Crippen LogP contribution in [0, 0.1) is 0 Å². The highest BCUT2D eigenvalue weighted by Gasteiger charge is 2.31. The topological polar surface area (TPSA) is 38.9 Å². The number of pyridine rings is 1. The lowest BCUT2D eigenvalue weighted by Crippen LogP contribution is -2.05. The molecule has 0 unspecified atom stereocenters. The number of halogens is 3. The van der Waals surface area contributed by atoms with Crippen molar-refractivity contribution in [1.82, 2.24) is 4.98 Å². The second-order valence-corrected chi connectivity index (χ2v) is 3.62. The van der Waals surface area contributed by atoms with Crippen molar-refractivity contribution in [2.24, 2.45) is 0 Å². The summed E-state index contributed by atoms with van der Waals surface area (Å²) in [6.07, 6.45) is -3.55. The van der Waals surface area contributed by atoms with Crippen molar-refractivity contribution in [3.63, 3.8) is 0 Å². The van der Waals surface area contributed by atoms with Crippen LogP contribution in [0.3, 0.4) is 0 Å². The monoisotopic (exact) mass is 218 g/mol.